The van der Waals surface area contributed by atoms with E-state index in [2.05, 4.69) is 4.98 Å². The van der Waals surface area contributed by atoms with Crippen LogP contribution in [0.3, 0.4) is 0 Å². The number of nitrogens with zero attached hydrogens (tertiary/aromatic N) is 2. The number of alkyl halides is 3. The predicted molar refractivity (Wildman–Crippen MR) is 46.7 cm³/mol. The van der Waals surface area contributed by atoms with Crippen molar-refractivity contribution in [2.75, 3.05) is 0 Å². The van der Waals surface area contributed by atoms with Gasteiger partial charge in [-0.3, -0.25) is 4.98 Å². The quantitative estimate of drug-likeness (QED) is 0.690. The normalized spacial score (nSPS) is 11.0. The summed E-state index contributed by atoms with van der Waals surface area (Å²) in [4.78, 5) is 3.13. The number of halogens is 4. The van der Waals surface area contributed by atoms with Gasteiger partial charge in [0.2, 0.25) is 0 Å². The van der Waals surface area contributed by atoms with Gasteiger partial charge in [-0.05, 0) is 28.7 Å². The van der Waals surface area contributed by atoms with E-state index in [9.17, 15) is 13.2 Å². The Balaban J connectivity index is 3.40. The van der Waals surface area contributed by atoms with Gasteiger partial charge in [-0.25, -0.2) is 0 Å². The summed E-state index contributed by atoms with van der Waals surface area (Å²) in [6, 6.07) is 2.84. The molecule has 0 N–H and O–H groups in total. The summed E-state index contributed by atoms with van der Waals surface area (Å²) in [5.74, 6) is 0. The Morgan fingerprint density at radius 1 is 1.46 bits per heavy atom. The van der Waals surface area contributed by atoms with Crippen LogP contribution in [0.25, 0.3) is 0 Å². The fraction of sp³-hybridized carbons (Fsp3) is 0.143. The van der Waals surface area contributed by atoms with E-state index in [1.807, 2.05) is 0 Å². The Morgan fingerprint density at radius 3 is 2.46 bits per heavy atom. The maximum Gasteiger partial charge on any atom is 0.434 e. The first-order valence-corrected chi connectivity index (χ1v) is 4.16. The van der Waals surface area contributed by atoms with E-state index < -0.39 is 17.4 Å². The number of pyridine rings is 1. The van der Waals surface area contributed by atoms with Crippen molar-refractivity contribution in [3.8, 4) is 6.07 Å². The van der Waals surface area contributed by atoms with E-state index in [0.717, 1.165) is 6.20 Å². The molecule has 6 heteroatoms. The van der Waals surface area contributed by atoms with Crippen molar-refractivity contribution in [3.05, 3.63) is 27.1 Å². The third kappa shape index (κ3) is 2.09. The highest BCUT2D eigenvalue weighted by molar-refractivity contribution is 14.1. The van der Waals surface area contributed by atoms with Gasteiger partial charge < -0.3 is 0 Å². The number of rotatable bonds is 0. The summed E-state index contributed by atoms with van der Waals surface area (Å²) < 4.78 is 36.8. The van der Waals surface area contributed by atoms with Gasteiger partial charge in [-0.15, -0.1) is 0 Å². The minimum Gasteiger partial charge on any atom is -0.250 e. The minimum absolute atomic E-state index is 0.252. The third-order valence-electron chi connectivity index (χ3n) is 1.28. The average molecular weight is 298 g/mol. The molecule has 0 radical (unpaired) electrons. The molecule has 1 aromatic rings. The molecule has 1 heterocycles. The van der Waals surface area contributed by atoms with E-state index in [0.29, 0.717) is 0 Å². The molecule has 0 aliphatic carbocycles. The Kier molecular flexibility index (Phi) is 2.75. The highest BCUT2D eigenvalue weighted by atomic mass is 127. The first kappa shape index (κ1) is 10.2. The summed E-state index contributed by atoms with van der Waals surface area (Å²) in [7, 11) is 0. The molecule has 2 nitrogen and oxygen atoms in total. The molecule has 0 amide bonds. The SMILES string of the molecule is N#Cc1c(I)ccnc1C(F)(F)F. The Bertz CT molecular complexity index is 367. The maximum absolute atomic E-state index is 12.2. The van der Waals surface area contributed by atoms with Crippen LogP contribution in [0.5, 0.6) is 0 Å². The molecule has 0 spiro atoms. The zero-order chi connectivity index (χ0) is 10.1. The highest BCUT2D eigenvalue weighted by Gasteiger charge is 2.36. The van der Waals surface area contributed by atoms with Crippen molar-refractivity contribution in [3.63, 3.8) is 0 Å². The molecule has 1 rings (SSSR count). The monoisotopic (exact) mass is 298 g/mol. The number of aromatic nitrogens is 1. The Morgan fingerprint density at radius 2 is 2.08 bits per heavy atom. The lowest BCUT2D eigenvalue weighted by Crippen LogP contribution is -2.11. The van der Waals surface area contributed by atoms with Gasteiger partial charge in [0.1, 0.15) is 6.07 Å². The molecular formula is C7H2F3IN2. The second kappa shape index (κ2) is 3.49. The van der Waals surface area contributed by atoms with Gasteiger partial charge in [0.25, 0.3) is 0 Å². The Labute approximate surface area is 85.5 Å². The van der Waals surface area contributed by atoms with Gasteiger partial charge in [-0.2, -0.15) is 18.4 Å². The van der Waals surface area contributed by atoms with E-state index >= 15 is 0 Å². The van der Waals surface area contributed by atoms with Crippen LogP contribution in [0.4, 0.5) is 13.2 Å². The lowest BCUT2D eigenvalue weighted by Gasteiger charge is -2.07. The Hall–Kier alpha value is -0.840. The highest BCUT2D eigenvalue weighted by Crippen LogP contribution is 2.31. The molecule has 0 bridgehead atoms. The summed E-state index contributed by atoms with van der Waals surface area (Å²) >= 11 is 1.66. The van der Waals surface area contributed by atoms with Crippen LogP contribution in [0.2, 0.25) is 0 Å². The van der Waals surface area contributed by atoms with Gasteiger partial charge in [0.15, 0.2) is 5.69 Å². The first-order chi connectivity index (χ1) is 5.96. The summed E-state index contributed by atoms with van der Waals surface area (Å²) in [5, 5.41) is 8.47. The molecule has 0 atom stereocenters. The van der Waals surface area contributed by atoms with Crippen molar-refractivity contribution in [1.29, 1.82) is 5.26 Å². The largest absolute Gasteiger partial charge is 0.434 e. The van der Waals surface area contributed by atoms with Gasteiger partial charge >= 0.3 is 6.18 Å². The smallest absolute Gasteiger partial charge is 0.250 e. The number of nitriles is 1. The van der Waals surface area contributed by atoms with Crippen molar-refractivity contribution < 1.29 is 13.2 Å². The van der Waals surface area contributed by atoms with Crippen molar-refractivity contribution in [2.24, 2.45) is 0 Å². The summed E-state index contributed by atoms with van der Waals surface area (Å²) in [6.45, 7) is 0. The predicted octanol–water partition coefficient (Wildman–Crippen LogP) is 2.58. The van der Waals surface area contributed by atoms with Crippen molar-refractivity contribution in [1.82, 2.24) is 4.98 Å². The lowest BCUT2D eigenvalue weighted by atomic mass is 10.2. The third-order valence-corrected chi connectivity index (χ3v) is 2.18. The first-order valence-electron chi connectivity index (χ1n) is 3.08. The van der Waals surface area contributed by atoms with Crippen LogP contribution in [0.1, 0.15) is 11.3 Å². The zero-order valence-corrected chi connectivity index (χ0v) is 8.22. The molecular weight excluding hydrogens is 296 g/mol. The minimum atomic E-state index is -4.56. The summed E-state index contributed by atoms with van der Waals surface area (Å²) in [6.07, 6.45) is -3.53. The van der Waals surface area contributed by atoms with Crippen LogP contribution >= 0.6 is 22.6 Å². The molecule has 1 aromatic heterocycles. The second-order valence-corrected chi connectivity index (χ2v) is 3.29. The van der Waals surface area contributed by atoms with Gasteiger partial charge in [0.05, 0.1) is 5.56 Å². The van der Waals surface area contributed by atoms with Crippen molar-refractivity contribution in [2.45, 2.75) is 6.18 Å². The molecule has 0 fully saturated rings. The fourth-order valence-corrected chi connectivity index (χ4v) is 1.30. The van der Waals surface area contributed by atoms with Crippen LogP contribution in [0.15, 0.2) is 12.3 Å². The number of hydrogen-bond donors (Lipinski definition) is 0. The zero-order valence-electron chi connectivity index (χ0n) is 6.06. The van der Waals surface area contributed by atoms with Gasteiger partial charge in [-0.1, -0.05) is 0 Å². The molecule has 0 unspecified atom stereocenters. The fourth-order valence-electron chi connectivity index (χ4n) is 0.760. The van der Waals surface area contributed by atoms with E-state index in [1.165, 1.54) is 12.1 Å². The summed E-state index contributed by atoms with van der Waals surface area (Å²) in [5.41, 5.74) is -1.54. The number of hydrogen-bond acceptors (Lipinski definition) is 2. The van der Waals surface area contributed by atoms with E-state index in [4.69, 9.17) is 5.26 Å². The molecule has 0 aliphatic rings. The molecule has 0 saturated carbocycles. The second-order valence-electron chi connectivity index (χ2n) is 2.13. The van der Waals surface area contributed by atoms with Crippen LogP contribution < -0.4 is 0 Å². The lowest BCUT2D eigenvalue weighted by molar-refractivity contribution is -0.141. The van der Waals surface area contributed by atoms with E-state index in [1.54, 1.807) is 22.6 Å². The standard InChI is InChI=1S/C7H2F3IN2/c8-7(9,10)6-4(3-12)5(11)1-2-13-6/h1-2H. The van der Waals surface area contributed by atoms with Crippen molar-refractivity contribution >= 4 is 22.6 Å². The van der Waals surface area contributed by atoms with Crippen LogP contribution in [-0.4, -0.2) is 4.98 Å². The van der Waals surface area contributed by atoms with Crippen LogP contribution in [0, 0.1) is 14.9 Å². The van der Waals surface area contributed by atoms with Crippen LogP contribution in [-0.2, 0) is 6.18 Å². The van der Waals surface area contributed by atoms with Gasteiger partial charge in [0, 0.05) is 9.77 Å². The molecule has 68 valence electrons. The molecule has 13 heavy (non-hydrogen) atoms. The molecule has 0 aliphatic heterocycles. The maximum atomic E-state index is 12.2. The molecule has 0 saturated heterocycles. The topological polar surface area (TPSA) is 36.7 Å². The average Bonchev–Trinajstić information content (AvgIpc) is 2.02. The molecule has 0 aromatic carbocycles. The van der Waals surface area contributed by atoms with E-state index in [-0.39, 0.29) is 3.57 Å².